The van der Waals surface area contributed by atoms with Crippen LogP contribution in [0.5, 0.6) is 0 Å². The number of fused-ring (bicyclic) bond motifs is 1. The average Bonchev–Trinajstić information content (AvgIpc) is 3.23. The van der Waals surface area contributed by atoms with E-state index in [4.69, 9.17) is 4.99 Å². The molecule has 6 rings (SSSR count). The highest BCUT2D eigenvalue weighted by molar-refractivity contribution is 7.07. The van der Waals surface area contributed by atoms with E-state index in [-0.39, 0.29) is 5.41 Å². The minimum absolute atomic E-state index is 0.0286. The molecule has 0 saturated heterocycles. The fraction of sp³-hybridized carbons (Fsp3) is 0.138. The first-order valence-electron chi connectivity index (χ1n) is 11.2. The third-order valence-electron chi connectivity index (χ3n) is 6.70. The van der Waals surface area contributed by atoms with Gasteiger partial charge in [-0.25, -0.2) is 4.99 Å². The van der Waals surface area contributed by atoms with Crippen LogP contribution in [0.15, 0.2) is 114 Å². The molecular weight excluding hydrogens is 408 g/mol. The van der Waals surface area contributed by atoms with E-state index in [1.807, 2.05) is 18.2 Å². The van der Waals surface area contributed by atoms with Gasteiger partial charge in [-0.05, 0) is 53.4 Å². The van der Waals surface area contributed by atoms with Crippen LogP contribution in [0.25, 0.3) is 16.5 Å². The van der Waals surface area contributed by atoms with Crippen LogP contribution in [-0.2, 0) is 5.41 Å². The summed E-state index contributed by atoms with van der Waals surface area (Å²) < 4.78 is 2.38. The Balaban J connectivity index is 1.58. The molecule has 1 aliphatic carbocycles. The summed E-state index contributed by atoms with van der Waals surface area (Å²) in [6.07, 6.45) is 3.59. The van der Waals surface area contributed by atoms with Gasteiger partial charge in [-0.15, -0.1) is 11.3 Å². The van der Waals surface area contributed by atoms with Crippen molar-refractivity contribution in [2.24, 2.45) is 4.99 Å². The van der Waals surface area contributed by atoms with E-state index >= 15 is 0 Å². The molecule has 0 atom stereocenters. The Morgan fingerprint density at radius 3 is 2.12 bits per heavy atom. The van der Waals surface area contributed by atoms with Crippen molar-refractivity contribution in [2.45, 2.75) is 24.7 Å². The first-order chi connectivity index (χ1) is 15.8. The van der Waals surface area contributed by atoms with Crippen molar-refractivity contribution in [2.75, 3.05) is 0 Å². The Kier molecular flexibility index (Phi) is 4.77. The summed E-state index contributed by atoms with van der Waals surface area (Å²) in [7, 11) is 0. The largest absolute Gasteiger partial charge is 0.289 e. The SMILES string of the molecule is c1ccc(N=c2scc(C3(c4ccc5ccccc5c4)CCC3)n2-c2ccccc2)cc1. The van der Waals surface area contributed by atoms with Crippen molar-refractivity contribution in [3.05, 3.63) is 125 Å². The average molecular weight is 433 g/mol. The maximum Gasteiger partial charge on any atom is 0.194 e. The molecule has 1 aromatic heterocycles. The van der Waals surface area contributed by atoms with Crippen LogP contribution >= 0.6 is 11.3 Å². The van der Waals surface area contributed by atoms with Gasteiger partial charge in [-0.3, -0.25) is 4.57 Å². The third-order valence-corrected chi connectivity index (χ3v) is 7.53. The topological polar surface area (TPSA) is 17.3 Å². The second-order valence-corrected chi connectivity index (χ2v) is 9.36. The molecule has 3 heteroatoms. The first kappa shape index (κ1) is 19.3. The highest BCUT2D eigenvalue weighted by Crippen LogP contribution is 2.50. The lowest BCUT2D eigenvalue weighted by Gasteiger charge is -2.43. The molecule has 0 spiro atoms. The van der Waals surface area contributed by atoms with E-state index in [1.165, 1.54) is 47.0 Å². The van der Waals surface area contributed by atoms with Crippen LogP contribution in [0.1, 0.15) is 30.5 Å². The predicted octanol–water partition coefficient (Wildman–Crippen LogP) is 7.39. The third kappa shape index (κ3) is 3.21. The molecule has 0 N–H and O–H groups in total. The van der Waals surface area contributed by atoms with Gasteiger partial charge in [0, 0.05) is 22.2 Å². The zero-order chi connectivity index (χ0) is 21.4. The van der Waals surface area contributed by atoms with Crippen molar-refractivity contribution in [3.63, 3.8) is 0 Å². The Morgan fingerprint density at radius 2 is 1.41 bits per heavy atom. The predicted molar refractivity (Wildman–Crippen MR) is 134 cm³/mol. The van der Waals surface area contributed by atoms with Gasteiger partial charge < -0.3 is 0 Å². The lowest BCUT2D eigenvalue weighted by Crippen LogP contribution is -2.38. The van der Waals surface area contributed by atoms with E-state index in [1.54, 1.807) is 11.3 Å². The van der Waals surface area contributed by atoms with Crippen molar-refractivity contribution < 1.29 is 0 Å². The fourth-order valence-electron chi connectivity index (χ4n) is 4.87. The van der Waals surface area contributed by atoms with Gasteiger partial charge in [0.15, 0.2) is 4.80 Å². The zero-order valence-corrected chi connectivity index (χ0v) is 18.6. The summed E-state index contributed by atoms with van der Waals surface area (Å²) in [4.78, 5) is 6.05. The summed E-state index contributed by atoms with van der Waals surface area (Å²) in [5.41, 5.74) is 4.95. The smallest absolute Gasteiger partial charge is 0.194 e. The van der Waals surface area contributed by atoms with E-state index in [0.717, 1.165) is 10.5 Å². The monoisotopic (exact) mass is 432 g/mol. The molecule has 0 amide bonds. The zero-order valence-electron chi connectivity index (χ0n) is 17.8. The Hall–Kier alpha value is -3.43. The second kappa shape index (κ2) is 7.92. The Morgan fingerprint density at radius 1 is 0.719 bits per heavy atom. The summed E-state index contributed by atoms with van der Waals surface area (Å²) in [5, 5.41) is 4.95. The van der Waals surface area contributed by atoms with Crippen molar-refractivity contribution >= 4 is 27.8 Å². The van der Waals surface area contributed by atoms with Crippen LogP contribution in [0.3, 0.4) is 0 Å². The van der Waals surface area contributed by atoms with Gasteiger partial charge in [-0.2, -0.15) is 0 Å². The van der Waals surface area contributed by atoms with Crippen molar-refractivity contribution in [3.8, 4) is 5.69 Å². The minimum Gasteiger partial charge on any atom is -0.289 e. The fourth-order valence-corrected chi connectivity index (χ4v) is 5.89. The van der Waals surface area contributed by atoms with Crippen LogP contribution in [0.2, 0.25) is 0 Å². The summed E-state index contributed by atoms with van der Waals surface area (Å²) in [6.45, 7) is 0. The molecule has 0 bridgehead atoms. The van der Waals surface area contributed by atoms with Gasteiger partial charge in [0.2, 0.25) is 0 Å². The number of para-hydroxylation sites is 2. The van der Waals surface area contributed by atoms with Gasteiger partial charge in [0.05, 0.1) is 5.69 Å². The molecule has 32 heavy (non-hydrogen) atoms. The number of benzene rings is 4. The summed E-state index contributed by atoms with van der Waals surface area (Å²) in [6, 6.07) is 36.6. The molecule has 156 valence electrons. The van der Waals surface area contributed by atoms with Crippen molar-refractivity contribution in [1.82, 2.24) is 4.57 Å². The molecule has 0 aliphatic heterocycles. The number of thiazole rings is 1. The van der Waals surface area contributed by atoms with Gasteiger partial charge in [-0.1, -0.05) is 85.3 Å². The summed E-state index contributed by atoms with van der Waals surface area (Å²) >= 11 is 1.74. The van der Waals surface area contributed by atoms with Crippen LogP contribution in [0, 0.1) is 0 Å². The molecule has 1 heterocycles. The lowest BCUT2D eigenvalue weighted by molar-refractivity contribution is 0.290. The molecule has 0 unspecified atom stereocenters. The van der Waals surface area contributed by atoms with E-state index in [9.17, 15) is 0 Å². The molecule has 1 fully saturated rings. The molecule has 2 nitrogen and oxygen atoms in total. The van der Waals surface area contributed by atoms with E-state index in [2.05, 4.69) is 94.9 Å². The highest BCUT2D eigenvalue weighted by Gasteiger charge is 2.43. The maximum absolute atomic E-state index is 5.04. The minimum atomic E-state index is 0.0286. The van der Waals surface area contributed by atoms with Crippen LogP contribution in [0.4, 0.5) is 5.69 Å². The van der Waals surface area contributed by atoms with Gasteiger partial charge in [0.1, 0.15) is 0 Å². The van der Waals surface area contributed by atoms with E-state index < -0.39 is 0 Å². The molecular formula is C29H24N2S. The molecule has 1 saturated carbocycles. The number of hydrogen-bond donors (Lipinski definition) is 0. The highest BCUT2D eigenvalue weighted by atomic mass is 32.1. The first-order valence-corrected chi connectivity index (χ1v) is 12.1. The van der Waals surface area contributed by atoms with E-state index in [0.29, 0.717) is 0 Å². The Bertz CT molecular complexity index is 1440. The number of rotatable bonds is 4. The molecule has 1 aliphatic rings. The normalized spacial score (nSPS) is 15.6. The second-order valence-electron chi connectivity index (χ2n) is 8.52. The van der Waals surface area contributed by atoms with Crippen LogP contribution < -0.4 is 4.80 Å². The summed E-state index contributed by atoms with van der Waals surface area (Å²) in [5.74, 6) is 0. The van der Waals surface area contributed by atoms with Gasteiger partial charge in [0.25, 0.3) is 0 Å². The number of aromatic nitrogens is 1. The quantitative estimate of drug-likeness (QED) is 0.282. The molecule has 4 aromatic carbocycles. The standard InChI is InChI=1S/C29H24N2S/c1-3-12-25(13-4-1)30-28-31(26-14-5-2-6-15-26)27(21-32-28)29(18-9-19-29)24-17-16-22-10-7-8-11-23(22)20-24/h1-8,10-17,20-21H,9,18-19H2. The maximum atomic E-state index is 5.04. The number of nitrogens with zero attached hydrogens (tertiary/aromatic N) is 2. The molecule has 5 aromatic rings. The number of hydrogen-bond acceptors (Lipinski definition) is 2. The lowest BCUT2D eigenvalue weighted by atomic mass is 9.62. The van der Waals surface area contributed by atoms with Gasteiger partial charge >= 0.3 is 0 Å². The Labute approximate surface area is 192 Å². The molecule has 0 radical (unpaired) electrons. The van der Waals surface area contributed by atoms with Crippen molar-refractivity contribution in [1.29, 1.82) is 0 Å². The van der Waals surface area contributed by atoms with Crippen LogP contribution in [-0.4, -0.2) is 4.57 Å².